The molecule has 7 nitrogen and oxygen atoms in total. The van der Waals surface area contributed by atoms with Gasteiger partial charge in [-0.05, 0) is 13.0 Å². The van der Waals surface area contributed by atoms with E-state index in [1.54, 1.807) is 23.1 Å². The zero-order valence-electron chi connectivity index (χ0n) is 11.6. The molecule has 0 radical (unpaired) electrons. The van der Waals surface area contributed by atoms with Gasteiger partial charge < -0.3 is 20.6 Å². The number of nitrogens with one attached hydrogen (secondary N) is 2. The predicted molar refractivity (Wildman–Crippen MR) is 75.4 cm³/mol. The summed E-state index contributed by atoms with van der Waals surface area (Å²) in [4.78, 5) is 37.1. The van der Waals surface area contributed by atoms with E-state index in [-0.39, 0.29) is 19.1 Å². The highest BCUT2D eigenvalue weighted by molar-refractivity contribution is 6.35. The molecule has 1 heterocycles. The van der Waals surface area contributed by atoms with Crippen LogP contribution in [0.25, 0.3) is 0 Å². The number of carbonyl (C=O) groups excluding carboxylic acids is 3. The maximum absolute atomic E-state index is 12.3. The first kappa shape index (κ1) is 15.0. The first-order valence-electron chi connectivity index (χ1n) is 6.70. The molecule has 7 heteroatoms. The minimum atomic E-state index is -0.894. The average Bonchev–Trinajstić information content (AvgIpc) is 2.76. The Morgan fingerprint density at radius 3 is 2.67 bits per heavy atom. The van der Waals surface area contributed by atoms with Crippen LogP contribution < -0.4 is 15.5 Å². The van der Waals surface area contributed by atoms with Crippen LogP contribution in [0.1, 0.15) is 18.5 Å². The molecule has 3 amide bonds. The Balaban J connectivity index is 2.15. The van der Waals surface area contributed by atoms with Gasteiger partial charge in [-0.1, -0.05) is 18.2 Å². The molecule has 0 saturated heterocycles. The molecule has 0 spiro atoms. The van der Waals surface area contributed by atoms with Crippen molar-refractivity contribution in [2.45, 2.75) is 13.0 Å². The van der Waals surface area contributed by atoms with Crippen molar-refractivity contribution >= 4 is 23.4 Å². The lowest BCUT2D eigenvalue weighted by atomic mass is 10.1. The molecule has 0 saturated carbocycles. The Morgan fingerprint density at radius 1 is 1.29 bits per heavy atom. The van der Waals surface area contributed by atoms with Gasteiger partial charge in [0.25, 0.3) is 5.91 Å². The number of aliphatic hydroxyl groups excluding tert-OH is 1. The van der Waals surface area contributed by atoms with Crippen LogP contribution in [0.4, 0.5) is 5.69 Å². The molecule has 1 aliphatic rings. The highest BCUT2D eigenvalue weighted by Gasteiger charge is 2.37. The van der Waals surface area contributed by atoms with Gasteiger partial charge in [-0.3, -0.25) is 14.4 Å². The maximum atomic E-state index is 12.3. The molecule has 112 valence electrons. The molecular formula is C14H17N3O4. The Morgan fingerprint density at radius 2 is 2.00 bits per heavy atom. The first-order valence-corrected chi connectivity index (χ1v) is 6.70. The summed E-state index contributed by atoms with van der Waals surface area (Å²) < 4.78 is 0. The van der Waals surface area contributed by atoms with Crippen LogP contribution in [-0.4, -0.2) is 42.5 Å². The molecule has 2 rings (SSSR count). The van der Waals surface area contributed by atoms with Crippen molar-refractivity contribution < 1.29 is 19.5 Å². The normalized spacial score (nSPS) is 16.6. The van der Waals surface area contributed by atoms with Crippen LogP contribution in [-0.2, 0) is 14.4 Å². The van der Waals surface area contributed by atoms with Crippen molar-refractivity contribution in [3.8, 4) is 0 Å². The third kappa shape index (κ3) is 2.87. The number of anilines is 1. The molecule has 1 aromatic carbocycles. The SMILES string of the molecule is CCN1C(=O)[C@@H](NC(=O)C(=O)NCCO)c2ccccc21. The summed E-state index contributed by atoms with van der Waals surface area (Å²) in [5, 5.41) is 13.3. The quantitative estimate of drug-likeness (QED) is 0.640. The number of benzene rings is 1. The Hall–Kier alpha value is -2.41. The fraction of sp³-hybridized carbons (Fsp3) is 0.357. The summed E-state index contributed by atoms with van der Waals surface area (Å²) in [6, 6.07) is 6.28. The lowest BCUT2D eigenvalue weighted by Gasteiger charge is -2.15. The van der Waals surface area contributed by atoms with Crippen LogP contribution in [0, 0.1) is 0 Å². The molecule has 1 atom stereocenters. The molecule has 3 N–H and O–H groups in total. The second kappa shape index (κ2) is 6.36. The zero-order chi connectivity index (χ0) is 15.4. The number of likely N-dealkylation sites (N-methyl/N-ethyl adjacent to an activating group) is 1. The van der Waals surface area contributed by atoms with E-state index in [2.05, 4.69) is 10.6 Å². The molecule has 0 unspecified atom stereocenters. The number of aliphatic hydroxyl groups is 1. The van der Waals surface area contributed by atoms with Crippen molar-refractivity contribution in [3.63, 3.8) is 0 Å². The van der Waals surface area contributed by atoms with Crippen LogP contribution in [0.3, 0.4) is 0 Å². The molecule has 21 heavy (non-hydrogen) atoms. The highest BCUT2D eigenvalue weighted by Crippen LogP contribution is 2.35. The predicted octanol–water partition coefficient (Wildman–Crippen LogP) is -0.681. The Kier molecular flexibility index (Phi) is 4.54. The second-order valence-corrected chi connectivity index (χ2v) is 4.53. The lowest BCUT2D eigenvalue weighted by molar-refractivity contribution is -0.140. The van der Waals surface area contributed by atoms with Gasteiger partial charge in [0, 0.05) is 24.3 Å². The standard InChI is InChI=1S/C14H17N3O4/c1-2-17-10-6-4-3-5-9(10)11(14(17)21)16-13(20)12(19)15-7-8-18/h3-6,11,18H,2,7-8H2,1H3,(H,15,19)(H,16,20)/t11-/m0/s1. The summed E-state index contributed by atoms with van der Waals surface area (Å²) in [6.07, 6.45) is 0. The Labute approximate surface area is 121 Å². The summed E-state index contributed by atoms with van der Waals surface area (Å²) in [5.41, 5.74) is 1.42. The van der Waals surface area contributed by atoms with E-state index in [1.807, 2.05) is 13.0 Å². The molecule has 0 aliphatic carbocycles. The Bertz CT molecular complexity index is 573. The van der Waals surface area contributed by atoms with Gasteiger partial charge in [-0.15, -0.1) is 0 Å². The molecule has 0 bridgehead atoms. The number of hydrogen-bond acceptors (Lipinski definition) is 4. The zero-order valence-corrected chi connectivity index (χ0v) is 11.6. The maximum Gasteiger partial charge on any atom is 0.310 e. The van der Waals surface area contributed by atoms with E-state index in [1.165, 1.54) is 0 Å². The van der Waals surface area contributed by atoms with Crippen LogP contribution in [0.2, 0.25) is 0 Å². The van der Waals surface area contributed by atoms with E-state index < -0.39 is 17.9 Å². The number of carbonyl (C=O) groups is 3. The molecule has 1 aliphatic heterocycles. The number of amides is 3. The van der Waals surface area contributed by atoms with Gasteiger partial charge in [0.15, 0.2) is 0 Å². The second-order valence-electron chi connectivity index (χ2n) is 4.53. The van der Waals surface area contributed by atoms with Crippen molar-refractivity contribution in [2.75, 3.05) is 24.6 Å². The van der Waals surface area contributed by atoms with Gasteiger partial charge in [0.1, 0.15) is 6.04 Å². The van der Waals surface area contributed by atoms with Crippen LogP contribution >= 0.6 is 0 Å². The summed E-state index contributed by atoms with van der Waals surface area (Å²) in [7, 11) is 0. The fourth-order valence-electron chi connectivity index (χ4n) is 2.30. The minimum Gasteiger partial charge on any atom is -0.395 e. The lowest BCUT2D eigenvalue weighted by Crippen LogP contribution is -2.45. The van der Waals surface area contributed by atoms with E-state index in [0.29, 0.717) is 12.1 Å². The topological polar surface area (TPSA) is 98.7 Å². The molecular weight excluding hydrogens is 274 g/mol. The van der Waals surface area contributed by atoms with E-state index in [0.717, 1.165) is 5.69 Å². The summed E-state index contributed by atoms with van der Waals surface area (Å²) in [5.74, 6) is -2.03. The number of hydrogen-bond donors (Lipinski definition) is 3. The third-order valence-corrected chi connectivity index (χ3v) is 3.25. The number of fused-ring (bicyclic) bond motifs is 1. The fourth-order valence-corrected chi connectivity index (χ4v) is 2.30. The van der Waals surface area contributed by atoms with E-state index in [9.17, 15) is 14.4 Å². The number of rotatable bonds is 4. The largest absolute Gasteiger partial charge is 0.395 e. The van der Waals surface area contributed by atoms with Crippen LogP contribution in [0.15, 0.2) is 24.3 Å². The van der Waals surface area contributed by atoms with Crippen LogP contribution in [0.5, 0.6) is 0 Å². The monoisotopic (exact) mass is 291 g/mol. The highest BCUT2D eigenvalue weighted by atomic mass is 16.3. The van der Waals surface area contributed by atoms with Crippen molar-refractivity contribution in [3.05, 3.63) is 29.8 Å². The van der Waals surface area contributed by atoms with Crippen molar-refractivity contribution in [1.82, 2.24) is 10.6 Å². The average molecular weight is 291 g/mol. The van der Waals surface area contributed by atoms with Crippen molar-refractivity contribution in [2.24, 2.45) is 0 Å². The third-order valence-electron chi connectivity index (χ3n) is 3.25. The molecule has 0 fully saturated rings. The molecule has 0 aromatic heterocycles. The van der Waals surface area contributed by atoms with E-state index >= 15 is 0 Å². The van der Waals surface area contributed by atoms with Gasteiger partial charge in [-0.25, -0.2) is 0 Å². The van der Waals surface area contributed by atoms with Crippen molar-refractivity contribution in [1.29, 1.82) is 0 Å². The molecule has 1 aromatic rings. The summed E-state index contributed by atoms with van der Waals surface area (Å²) >= 11 is 0. The van der Waals surface area contributed by atoms with Gasteiger partial charge >= 0.3 is 11.8 Å². The van der Waals surface area contributed by atoms with E-state index in [4.69, 9.17) is 5.11 Å². The smallest absolute Gasteiger partial charge is 0.310 e. The number of nitrogens with zero attached hydrogens (tertiary/aromatic N) is 1. The first-order chi connectivity index (χ1) is 10.1. The van der Waals surface area contributed by atoms with Gasteiger partial charge in [-0.2, -0.15) is 0 Å². The summed E-state index contributed by atoms with van der Waals surface area (Å²) in [6.45, 7) is 2.06. The van der Waals surface area contributed by atoms with Gasteiger partial charge in [0.2, 0.25) is 0 Å². The number of para-hydroxylation sites is 1. The minimum absolute atomic E-state index is 0.0114. The van der Waals surface area contributed by atoms with Gasteiger partial charge in [0.05, 0.1) is 6.61 Å².